The van der Waals surface area contributed by atoms with Crippen LogP contribution in [0.25, 0.3) is 0 Å². The summed E-state index contributed by atoms with van der Waals surface area (Å²) in [5.74, 6) is 0.940. The number of aryl methyl sites for hydroxylation is 1. The third-order valence-electron chi connectivity index (χ3n) is 3.28. The molecule has 0 amide bonds. The van der Waals surface area contributed by atoms with Gasteiger partial charge in [0.25, 0.3) is 0 Å². The van der Waals surface area contributed by atoms with Crippen molar-refractivity contribution in [1.29, 1.82) is 0 Å². The molecule has 2 rings (SSSR count). The van der Waals surface area contributed by atoms with Crippen molar-refractivity contribution in [2.45, 2.75) is 19.9 Å². The molecule has 0 aliphatic rings. The molecule has 7 heteroatoms. The summed E-state index contributed by atoms with van der Waals surface area (Å²) in [4.78, 5) is 8.28. The van der Waals surface area contributed by atoms with Gasteiger partial charge in [0.05, 0.1) is 12.2 Å². The van der Waals surface area contributed by atoms with E-state index in [-0.39, 0.29) is 24.0 Å². The fourth-order valence-electron chi connectivity index (χ4n) is 2.02. The van der Waals surface area contributed by atoms with Crippen LogP contribution in [0.2, 0.25) is 0 Å². The largest absolute Gasteiger partial charge is 0.357 e. The van der Waals surface area contributed by atoms with Gasteiger partial charge in [-0.1, -0.05) is 6.07 Å². The molecule has 2 aromatic heterocycles. The van der Waals surface area contributed by atoms with Crippen molar-refractivity contribution in [2.75, 3.05) is 20.1 Å². The number of aromatic nitrogens is 2. The molecule has 0 atom stereocenters. The van der Waals surface area contributed by atoms with E-state index in [0.717, 1.165) is 31.2 Å². The molecule has 0 aliphatic carbocycles. The summed E-state index contributed by atoms with van der Waals surface area (Å²) in [6, 6.07) is 6.28. The number of hydrogen-bond acceptors (Lipinski definition) is 3. The molecule has 122 valence electrons. The smallest absolute Gasteiger partial charge is 0.194 e. The summed E-state index contributed by atoms with van der Waals surface area (Å²) in [6.07, 6.45) is 2.85. The molecule has 2 heterocycles. The maximum absolute atomic E-state index is 4.69. The zero-order chi connectivity index (χ0) is 15.1. The average molecular weight is 433 g/mol. The van der Waals surface area contributed by atoms with Crippen LogP contribution in [-0.2, 0) is 20.0 Å². The number of likely N-dealkylation sites (N-methyl/N-ethyl adjacent to an activating group) is 1. The fraction of sp³-hybridized carbons (Fsp3) is 0.467. The summed E-state index contributed by atoms with van der Waals surface area (Å²) in [5, 5.41) is 9.64. The minimum absolute atomic E-state index is 0. The van der Waals surface area contributed by atoms with Gasteiger partial charge in [0.1, 0.15) is 0 Å². The first-order valence-corrected chi connectivity index (χ1v) is 8.07. The lowest BCUT2D eigenvalue weighted by molar-refractivity contribution is 0.486. The maximum Gasteiger partial charge on any atom is 0.194 e. The van der Waals surface area contributed by atoms with Crippen LogP contribution in [0.5, 0.6) is 0 Å². The second-order valence-corrected chi connectivity index (χ2v) is 5.90. The third-order valence-corrected chi connectivity index (χ3v) is 4.22. The first kappa shape index (κ1) is 19.0. The molecular formula is C15H24IN5S. The highest BCUT2D eigenvalue weighted by Gasteiger charge is 2.07. The van der Waals surface area contributed by atoms with Gasteiger partial charge in [-0.15, -0.1) is 35.3 Å². The molecule has 0 unspecified atom stereocenters. The molecule has 22 heavy (non-hydrogen) atoms. The van der Waals surface area contributed by atoms with Crippen molar-refractivity contribution in [3.63, 3.8) is 0 Å². The fourth-order valence-corrected chi connectivity index (χ4v) is 2.72. The predicted octanol–water partition coefficient (Wildman–Crippen LogP) is 2.74. The molecular weight excluding hydrogens is 409 g/mol. The van der Waals surface area contributed by atoms with Gasteiger partial charge in [-0.05, 0) is 30.9 Å². The monoisotopic (exact) mass is 433 g/mol. The summed E-state index contributed by atoms with van der Waals surface area (Å²) >= 11 is 1.80. The standard InChI is InChI=1S/C15H23N5S.HI/c1-4-16-15(17-12-13-7-9-18-20(13)3)19(2)10-8-14-6-5-11-21-14;/h5-7,9,11H,4,8,10,12H2,1-3H3,(H,16,17);1H. The minimum Gasteiger partial charge on any atom is -0.357 e. The molecule has 0 saturated carbocycles. The van der Waals surface area contributed by atoms with Crippen molar-refractivity contribution in [1.82, 2.24) is 20.0 Å². The molecule has 0 fully saturated rings. The Labute approximate surface area is 153 Å². The average Bonchev–Trinajstić information content (AvgIpc) is 3.12. The quantitative estimate of drug-likeness (QED) is 0.433. The van der Waals surface area contributed by atoms with Crippen molar-refractivity contribution < 1.29 is 0 Å². The Bertz CT molecular complexity index is 564. The molecule has 0 saturated heterocycles. The Morgan fingerprint density at radius 3 is 2.86 bits per heavy atom. The first-order valence-electron chi connectivity index (χ1n) is 7.19. The lowest BCUT2D eigenvalue weighted by Crippen LogP contribution is -2.39. The molecule has 0 radical (unpaired) electrons. The lowest BCUT2D eigenvalue weighted by atomic mass is 10.3. The highest BCUT2D eigenvalue weighted by molar-refractivity contribution is 14.0. The molecule has 2 aromatic rings. The number of guanidine groups is 1. The van der Waals surface area contributed by atoms with E-state index in [2.05, 4.69) is 46.8 Å². The van der Waals surface area contributed by atoms with Crippen molar-refractivity contribution in [2.24, 2.45) is 12.0 Å². The normalized spacial score (nSPS) is 11.1. The number of rotatable bonds is 6. The molecule has 0 aromatic carbocycles. The minimum atomic E-state index is 0. The summed E-state index contributed by atoms with van der Waals surface area (Å²) in [6.45, 7) is 4.56. The number of aliphatic imine (C=N–C) groups is 1. The van der Waals surface area contributed by atoms with Crippen molar-refractivity contribution in [3.8, 4) is 0 Å². The number of halogens is 1. The van der Waals surface area contributed by atoms with E-state index in [1.807, 2.05) is 17.8 Å². The summed E-state index contributed by atoms with van der Waals surface area (Å²) in [7, 11) is 4.02. The number of thiophene rings is 1. The van der Waals surface area contributed by atoms with Gasteiger partial charge in [-0.3, -0.25) is 4.68 Å². The Kier molecular flexibility index (Phi) is 8.47. The number of nitrogens with zero attached hydrogens (tertiary/aromatic N) is 4. The highest BCUT2D eigenvalue weighted by Crippen LogP contribution is 2.09. The Hall–Kier alpha value is -1.09. The van der Waals surface area contributed by atoms with E-state index in [9.17, 15) is 0 Å². The predicted molar refractivity (Wildman–Crippen MR) is 104 cm³/mol. The SMILES string of the molecule is CCNC(=NCc1ccnn1C)N(C)CCc1cccs1.I. The van der Waals surface area contributed by atoms with E-state index in [4.69, 9.17) is 4.99 Å². The van der Waals surface area contributed by atoms with Crippen LogP contribution in [0.4, 0.5) is 0 Å². The number of hydrogen-bond donors (Lipinski definition) is 1. The van der Waals surface area contributed by atoms with Crippen LogP contribution in [0.1, 0.15) is 17.5 Å². The van der Waals surface area contributed by atoms with Gasteiger partial charge in [-0.25, -0.2) is 4.99 Å². The molecule has 0 spiro atoms. The van der Waals surface area contributed by atoms with E-state index < -0.39 is 0 Å². The van der Waals surface area contributed by atoms with Gasteiger partial charge in [-0.2, -0.15) is 5.10 Å². The topological polar surface area (TPSA) is 45.5 Å². The summed E-state index contributed by atoms with van der Waals surface area (Å²) in [5.41, 5.74) is 1.11. The van der Waals surface area contributed by atoms with Gasteiger partial charge >= 0.3 is 0 Å². The lowest BCUT2D eigenvalue weighted by Gasteiger charge is -2.21. The zero-order valence-electron chi connectivity index (χ0n) is 13.3. The van der Waals surface area contributed by atoms with Crippen molar-refractivity contribution in [3.05, 3.63) is 40.3 Å². The highest BCUT2D eigenvalue weighted by atomic mass is 127. The molecule has 5 nitrogen and oxygen atoms in total. The Balaban J connectivity index is 0.00000242. The van der Waals surface area contributed by atoms with E-state index in [1.165, 1.54) is 4.88 Å². The van der Waals surface area contributed by atoms with Gasteiger partial charge in [0.15, 0.2) is 5.96 Å². The van der Waals surface area contributed by atoms with E-state index in [0.29, 0.717) is 6.54 Å². The van der Waals surface area contributed by atoms with Crippen LogP contribution >= 0.6 is 35.3 Å². The van der Waals surface area contributed by atoms with Gasteiger partial charge in [0.2, 0.25) is 0 Å². The number of nitrogens with one attached hydrogen (secondary N) is 1. The van der Waals surface area contributed by atoms with E-state index >= 15 is 0 Å². The van der Waals surface area contributed by atoms with Crippen LogP contribution in [0.15, 0.2) is 34.8 Å². The third kappa shape index (κ3) is 5.60. The Morgan fingerprint density at radius 1 is 1.45 bits per heavy atom. The second-order valence-electron chi connectivity index (χ2n) is 4.87. The van der Waals surface area contributed by atoms with Crippen LogP contribution < -0.4 is 5.32 Å². The van der Waals surface area contributed by atoms with Gasteiger partial charge < -0.3 is 10.2 Å². The zero-order valence-corrected chi connectivity index (χ0v) is 16.5. The van der Waals surface area contributed by atoms with Gasteiger partial charge in [0, 0.05) is 38.3 Å². The van der Waals surface area contributed by atoms with Crippen LogP contribution in [0, 0.1) is 0 Å². The molecule has 0 bridgehead atoms. The summed E-state index contributed by atoms with van der Waals surface area (Å²) < 4.78 is 1.86. The molecule has 1 N–H and O–H groups in total. The maximum atomic E-state index is 4.69. The van der Waals surface area contributed by atoms with Crippen LogP contribution in [0.3, 0.4) is 0 Å². The molecule has 0 aliphatic heterocycles. The first-order chi connectivity index (χ1) is 10.2. The van der Waals surface area contributed by atoms with E-state index in [1.54, 1.807) is 17.5 Å². The Morgan fingerprint density at radius 2 is 2.27 bits per heavy atom. The van der Waals surface area contributed by atoms with Crippen LogP contribution in [-0.4, -0.2) is 40.8 Å². The van der Waals surface area contributed by atoms with Crippen molar-refractivity contribution >= 4 is 41.3 Å². The second kappa shape index (κ2) is 9.83.